The Morgan fingerprint density at radius 3 is 2.38 bits per heavy atom. The second-order valence-electron chi connectivity index (χ2n) is 5.41. The fourth-order valence-corrected chi connectivity index (χ4v) is 2.66. The number of aromatic hydroxyl groups is 2. The van der Waals surface area contributed by atoms with Gasteiger partial charge in [-0.3, -0.25) is 0 Å². The maximum Gasteiger partial charge on any atom is 0.161 e. The van der Waals surface area contributed by atoms with Crippen LogP contribution in [0.5, 0.6) is 23.0 Å². The van der Waals surface area contributed by atoms with Gasteiger partial charge in [-0.15, -0.1) is 0 Å². The monoisotopic (exact) mass is 325 g/mol. The summed E-state index contributed by atoms with van der Waals surface area (Å²) >= 11 is 0. The van der Waals surface area contributed by atoms with E-state index >= 15 is 0 Å². The van der Waals surface area contributed by atoms with Gasteiger partial charge in [0.15, 0.2) is 11.5 Å². The van der Waals surface area contributed by atoms with Gasteiger partial charge in [0, 0.05) is 11.9 Å². The van der Waals surface area contributed by atoms with Crippen molar-refractivity contribution in [3.63, 3.8) is 0 Å². The molecule has 3 aromatic rings. The van der Waals surface area contributed by atoms with Crippen LogP contribution in [0.25, 0.3) is 10.8 Å². The molecular formula is C19H19NO4. The molecule has 3 rings (SSSR count). The number of nitrogens with one attached hydrogen (secondary N) is 1. The molecule has 0 bridgehead atoms. The lowest BCUT2D eigenvalue weighted by molar-refractivity contribution is 0.354. The molecule has 5 nitrogen and oxygen atoms in total. The molecule has 0 aromatic heterocycles. The van der Waals surface area contributed by atoms with Crippen LogP contribution in [0.2, 0.25) is 0 Å². The molecule has 5 heteroatoms. The molecule has 0 radical (unpaired) electrons. The van der Waals surface area contributed by atoms with E-state index in [-0.39, 0.29) is 11.5 Å². The molecular weight excluding hydrogens is 306 g/mol. The first-order valence-electron chi connectivity index (χ1n) is 7.52. The molecule has 124 valence electrons. The number of phenols is 2. The number of benzene rings is 3. The molecule has 0 amide bonds. The summed E-state index contributed by atoms with van der Waals surface area (Å²) in [5.41, 5.74) is 1.56. The van der Waals surface area contributed by atoms with Crippen LogP contribution in [0.3, 0.4) is 0 Å². The predicted molar refractivity (Wildman–Crippen MR) is 94.2 cm³/mol. The summed E-state index contributed by atoms with van der Waals surface area (Å²) in [7, 11) is 3.19. The highest BCUT2D eigenvalue weighted by Crippen LogP contribution is 2.35. The Balaban J connectivity index is 1.91. The zero-order valence-electron chi connectivity index (χ0n) is 13.5. The van der Waals surface area contributed by atoms with Gasteiger partial charge in [-0.25, -0.2) is 0 Å². The minimum Gasteiger partial charge on any atom is -0.508 e. The lowest BCUT2D eigenvalue weighted by Gasteiger charge is -2.14. The average molecular weight is 325 g/mol. The standard InChI is InChI=1S/C19H19NO4/c1-23-17-8-3-12(9-18(17)24-2)11-20-19-15-10-14(21)6-4-13(15)5-7-16(19)22/h3-10,20-22H,11H2,1-2H3. The minimum atomic E-state index is 0.133. The number of ether oxygens (including phenoxy) is 2. The van der Waals surface area contributed by atoms with E-state index in [0.717, 1.165) is 16.3 Å². The van der Waals surface area contributed by atoms with Gasteiger partial charge in [-0.1, -0.05) is 18.2 Å². The average Bonchev–Trinajstić information content (AvgIpc) is 2.60. The van der Waals surface area contributed by atoms with Crippen LogP contribution in [-0.4, -0.2) is 24.4 Å². The van der Waals surface area contributed by atoms with Crippen molar-refractivity contribution in [1.29, 1.82) is 0 Å². The Bertz CT molecular complexity index is 871. The molecule has 0 fully saturated rings. The number of methoxy groups -OCH3 is 2. The predicted octanol–water partition coefficient (Wildman–Crippen LogP) is 3.88. The van der Waals surface area contributed by atoms with Crippen molar-refractivity contribution in [3.05, 3.63) is 54.1 Å². The molecule has 0 spiro atoms. The largest absolute Gasteiger partial charge is 0.508 e. The molecule has 3 aromatic carbocycles. The zero-order chi connectivity index (χ0) is 17.1. The van der Waals surface area contributed by atoms with Gasteiger partial charge in [0.05, 0.1) is 19.9 Å². The molecule has 0 heterocycles. The summed E-state index contributed by atoms with van der Waals surface area (Å²) in [5.74, 6) is 1.60. The fraction of sp³-hybridized carbons (Fsp3) is 0.158. The highest BCUT2D eigenvalue weighted by atomic mass is 16.5. The highest BCUT2D eigenvalue weighted by molar-refractivity contribution is 5.97. The molecule has 0 aliphatic heterocycles. The molecule has 3 N–H and O–H groups in total. The van der Waals surface area contributed by atoms with Crippen molar-refractivity contribution in [1.82, 2.24) is 0 Å². The Morgan fingerprint density at radius 2 is 1.62 bits per heavy atom. The molecule has 0 saturated heterocycles. The maximum absolute atomic E-state index is 10.2. The first-order chi connectivity index (χ1) is 11.6. The lowest BCUT2D eigenvalue weighted by Crippen LogP contribution is -2.01. The molecule has 0 saturated carbocycles. The van der Waals surface area contributed by atoms with Crippen LogP contribution in [0.1, 0.15) is 5.56 Å². The summed E-state index contributed by atoms with van der Waals surface area (Å²) in [6.45, 7) is 0.489. The summed E-state index contributed by atoms with van der Waals surface area (Å²) < 4.78 is 10.5. The Kier molecular flexibility index (Phi) is 4.33. The van der Waals surface area contributed by atoms with E-state index in [9.17, 15) is 10.2 Å². The number of hydrogen-bond donors (Lipinski definition) is 3. The van der Waals surface area contributed by atoms with Crippen LogP contribution in [0, 0.1) is 0 Å². The van der Waals surface area contributed by atoms with E-state index in [2.05, 4.69) is 5.32 Å². The van der Waals surface area contributed by atoms with Crippen LogP contribution in [0.15, 0.2) is 48.5 Å². The van der Waals surface area contributed by atoms with Crippen LogP contribution >= 0.6 is 0 Å². The van der Waals surface area contributed by atoms with E-state index in [0.29, 0.717) is 23.7 Å². The van der Waals surface area contributed by atoms with Crippen molar-refractivity contribution in [2.45, 2.75) is 6.54 Å². The maximum atomic E-state index is 10.2. The number of phenolic OH excluding ortho intramolecular Hbond substituents is 2. The summed E-state index contributed by atoms with van der Waals surface area (Å²) in [6.07, 6.45) is 0. The molecule has 0 unspecified atom stereocenters. The summed E-state index contributed by atoms with van der Waals surface area (Å²) in [4.78, 5) is 0. The van der Waals surface area contributed by atoms with Gasteiger partial charge in [0.2, 0.25) is 0 Å². The van der Waals surface area contributed by atoms with Crippen LogP contribution in [-0.2, 0) is 6.54 Å². The molecule has 0 atom stereocenters. The highest BCUT2D eigenvalue weighted by Gasteiger charge is 2.09. The van der Waals surface area contributed by atoms with E-state index in [4.69, 9.17) is 9.47 Å². The van der Waals surface area contributed by atoms with Gasteiger partial charge in [-0.05, 0) is 41.3 Å². The number of fused-ring (bicyclic) bond motifs is 1. The number of rotatable bonds is 5. The summed E-state index contributed by atoms with van der Waals surface area (Å²) in [5, 5.41) is 24.8. The van der Waals surface area contributed by atoms with Crippen molar-refractivity contribution in [2.75, 3.05) is 19.5 Å². The smallest absolute Gasteiger partial charge is 0.161 e. The zero-order valence-corrected chi connectivity index (χ0v) is 13.5. The van der Waals surface area contributed by atoms with E-state index in [1.165, 1.54) is 0 Å². The van der Waals surface area contributed by atoms with Gasteiger partial charge < -0.3 is 25.0 Å². The molecule has 0 aliphatic rings. The second kappa shape index (κ2) is 6.58. The second-order valence-corrected chi connectivity index (χ2v) is 5.41. The Morgan fingerprint density at radius 1 is 0.875 bits per heavy atom. The van der Waals surface area contributed by atoms with E-state index in [1.54, 1.807) is 32.4 Å². The first kappa shape index (κ1) is 15.8. The number of hydrogen-bond acceptors (Lipinski definition) is 5. The third-order valence-corrected chi connectivity index (χ3v) is 3.90. The third kappa shape index (κ3) is 3.01. The van der Waals surface area contributed by atoms with E-state index in [1.807, 2.05) is 30.3 Å². The van der Waals surface area contributed by atoms with Crippen molar-refractivity contribution < 1.29 is 19.7 Å². The topological polar surface area (TPSA) is 71.0 Å². The van der Waals surface area contributed by atoms with Gasteiger partial charge in [0.25, 0.3) is 0 Å². The SMILES string of the molecule is COc1ccc(CNc2c(O)ccc3ccc(O)cc23)cc1OC. The molecule has 24 heavy (non-hydrogen) atoms. The van der Waals surface area contributed by atoms with E-state index < -0.39 is 0 Å². The molecule has 0 aliphatic carbocycles. The first-order valence-corrected chi connectivity index (χ1v) is 7.52. The number of anilines is 1. The van der Waals surface area contributed by atoms with Crippen LogP contribution in [0.4, 0.5) is 5.69 Å². The van der Waals surface area contributed by atoms with Crippen molar-refractivity contribution >= 4 is 16.5 Å². The quantitative estimate of drug-likeness (QED) is 0.621. The fourth-order valence-electron chi connectivity index (χ4n) is 2.66. The Hall–Kier alpha value is -3.08. The van der Waals surface area contributed by atoms with Crippen molar-refractivity contribution in [3.8, 4) is 23.0 Å². The van der Waals surface area contributed by atoms with Gasteiger partial charge >= 0.3 is 0 Å². The lowest BCUT2D eigenvalue weighted by atomic mass is 10.1. The normalized spacial score (nSPS) is 10.6. The Labute approximate surface area is 140 Å². The minimum absolute atomic E-state index is 0.133. The summed E-state index contributed by atoms with van der Waals surface area (Å²) in [6, 6.07) is 14.2. The third-order valence-electron chi connectivity index (χ3n) is 3.90. The van der Waals surface area contributed by atoms with Gasteiger partial charge in [-0.2, -0.15) is 0 Å². The van der Waals surface area contributed by atoms with Crippen LogP contribution < -0.4 is 14.8 Å². The van der Waals surface area contributed by atoms with Gasteiger partial charge in [0.1, 0.15) is 11.5 Å². The van der Waals surface area contributed by atoms with Crippen molar-refractivity contribution in [2.24, 2.45) is 0 Å².